The first-order valence-electron chi connectivity index (χ1n) is 4.02. The summed E-state index contributed by atoms with van der Waals surface area (Å²) in [6, 6.07) is 1.36. The molecule has 0 fully saturated rings. The van der Waals surface area contributed by atoms with Crippen LogP contribution in [-0.2, 0) is 4.74 Å². The number of halogens is 1. The highest BCUT2D eigenvalue weighted by molar-refractivity contribution is 6.34. The molecule has 6 heteroatoms. The van der Waals surface area contributed by atoms with Gasteiger partial charge in [-0.3, -0.25) is 0 Å². The van der Waals surface area contributed by atoms with Gasteiger partial charge in [-0.25, -0.2) is 4.79 Å². The third-order valence-electron chi connectivity index (χ3n) is 1.92. The quantitative estimate of drug-likeness (QED) is 0.591. The maximum absolute atomic E-state index is 11.4. The van der Waals surface area contributed by atoms with E-state index in [1.165, 1.54) is 20.3 Å². The van der Waals surface area contributed by atoms with E-state index in [9.17, 15) is 4.79 Å². The van der Waals surface area contributed by atoms with Crippen LogP contribution in [-0.4, -0.2) is 20.2 Å². The van der Waals surface area contributed by atoms with Gasteiger partial charge in [-0.05, 0) is 6.07 Å². The number of nitrogen functional groups attached to an aromatic ring is 2. The summed E-state index contributed by atoms with van der Waals surface area (Å²) in [5.41, 5.74) is 11.7. The van der Waals surface area contributed by atoms with Crippen LogP contribution in [0.25, 0.3) is 0 Å². The average molecular weight is 231 g/mol. The standard InChI is InChI=1S/C9H11ClN2O3/c1-14-8-4(9(13)15-2)3-5(10)6(11)7(8)12/h3H,11-12H2,1-2H3. The Labute approximate surface area is 91.9 Å². The third kappa shape index (κ3) is 1.92. The highest BCUT2D eigenvalue weighted by Crippen LogP contribution is 2.37. The minimum Gasteiger partial charge on any atom is -0.494 e. The molecule has 0 aliphatic rings. The first kappa shape index (κ1) is 11.5. The zero-order chi connectivity index (χ0) is 11.6. The Bertz CT molecular complexity index is 407. The molecular weight excluding hydrogens is 220 g/mol. The maximum atomic E-state index is 11.4. The van der Waals surface area contributed by atoms with Gasteiger partial charge in [-0.15, -0.1) is 0 Å². The normalized spacial score (nSPS) is 9.80. The number of ether oxygens (including phenoxy) is 2. The van der Waals surface area contributed by atoms with Crippen LogP contribution in [0.4, 0.5) is 11.4 Å². The summed E-state index contributed by atoms with van der Waals surface area (Å²) in [6.45, 7) is 0. The summed E-state index contributed by atoms with van der Waals surface area (Å²) < 4.78 is 9.53. The van der Waals surface area contributed by atoms with Gasteiger partial charge in [0.1, 0.15) is 5.56 Å². The number of rotatable bonds is 2. The molecule has 0 bridgehead atoms. The number of hydrogen-bond donors (Lipinski definition) is 2. The fourth-order valence-electron chi connectivity index (χ4n) is 1.15. The number of methoxy groups -OCH3 is 2. The number of anilines is 2. The number of hydrogen-bond acceptors (Lipinski definition) is 5. The molecule has 4 N–H and O–H groups in total. The van der Waals surface area contributed by atoms with Gasteiger partial charge in [0.2, 0.25) is 0 Å². The summed E-state index contributed by atoms with van der Waals surface area (Å²) in [4.78, 5) is 11.4. The van der Waals surface area contributed by atoms with Crippen LogP contribution in [0.15, 0.2) is 6.07 Å². The van der Waals surface area contributed by atoms with E-state index in [0.717, 1.165) is 0 Å². The smallest absolute Gasteiger partial charge is 0.341 e. The second-order valence-corrected chi connectivity index (χ2v) is 3.17. The molecule has 82 valence electrons. The lowest BCUT2D eigenvalue weighted by Gasteiger charge is -2.12. The van der Waals surface area contributed by atoms with Crippen LogP contribution in [0.1, 0.15) is 10.4 Å². The summed E-state index contributed by atoms with van der Waals surface area (Å²) in [7, 11) is 2.63. The van der Waals surface area contributed by atoms with Gasteiger partial charge in [-0.2, -0.15) is 0 Å². The van der Waals surface area contributed by atoms with Gasteiger partial charge in [0.05, 0.1) is 30.6 Å². The van der Waals surface area contributed by atoms with Crippen molar-refractivity contribution in [1.29, 1.82) is 0 Å². The molecule has 0 radical (unpaired) electrons. The molecule has 0 spiro atoms. The Morgan fingerprint density at radius 1 is 1.33 bits per heavy atom. The molecule has 0 saturated heterocycles. The lowest BCUT2D eigenvalue weighted by atomic mass is 10.1. The predicted octanol–water partition coefficient (Wildman–Crippen LogP) is 1.30. The number of nitrogens with two attached hydrogens (primary N) is 2. The van der Waals surface area contributed by atoms with Gasteiger partial charge in [-0.1, -0.05) is 11.6 Å². The monoisotopic (exact) mass is 230 g/mol. The fourth-order valence-corrected chi connectivity index (χ4v) is 1.36. The zero-order valence-electron chi connectivity index (χ0n) is 8.33. The zero-order valence-corrected chi connectivity index (χ0v) is 9.09. The van der Waals surface area contributed by atoms with Crippen molar-refractivity contribution in [3.63, 3.8) is 0 Å². The summed E-state index contributed by atoms with van der Waals surface area (Å²) in [6.07, 6.45) is 0. The Kier molecular flexibility index (Phi) is 3.26. The minimum atomic E-state index is -0.583. The van der Waals surface area contributed by atoms with Gasteiger partial charge in [0, 0.05) is 0 Å². The van der Waals surface area contributed by atoms with Gasteiger partial charge in [0.25, 0.3) is 0 Å². The molecule has 0 heterocycles. The third-order valence-corrected chi connectivity index (χ3v) is 2.23. The van der Waals surface area contributed by atoms with Crippen molar-refractivity contribution in [2.45, 2.75) is 0 Å². The summed E-state index contributed by atoms with van der Waals surface area (Å²) in [5, 5.41) is 0.189. The van der Waals surface area contributed by atoms with Crippen molar-refractivity contribution in [3.05, 3.63) is 16.7 Å². The molecule has 1 aromatic rings. The van der Waals surface area contributed by atoms with Crippen LogP contribution in [0.5, 0.6) is 5.75 Å². The van der Waals surface area contributed by atoms with E-state index >= 15 is 0 Å². The second kappa shape index (κ2) is 4.27. The van der Waals surface area contributed by atoms with Crippen molar-refractivity contribution >= 4 is 28.9 Å². The minimum absolute atomic E-state index is 0.130. The first-order chi connectivity index (χ1) is 7.02. The SMILES string of the molecule is COC(=O)c1cc(Cl)c(N)c(N)c1OC. The largest absolute Gasteiger partial charge is 0.494 e. The average Bonchev–Trinajstić information content (AvgIpc) is 2.24. The number of carbonyl (C=O) groups is 1. The maximum Gasteiger partial charge on any atom is 0.341 e. The van der Waals surface area contributed by atoms with Gasteiger partial charge < -0.3 is 20.9 Å². The first-order valence-corrected chi connectivity index (χ1v) is 4.40. The van der Waals surface area contributed by atoms with Gasteiger partial charge >= 0.3 is 5.97 Å². The van der Waals surface area contributed by atoms with E-state index < -0.39 is 5.97 Å². The molecule has 5 nitrogen and oxygen atoms in total. The molecule has 0 amide bonds. The fraction of sp³-hybridized carbons (Fsp3) is 0.222. The van der Waals surface area contributed by atoms with Crippen LogP contribution >= 0.6 is 11.6 Å². The van der Waals surface area contributed by atoms with Crippen LogP contribution < -0.4 is 16.2 Å². The second-order valence-electron chi connectivity index (χ2n) is 2.76. The highest BCUT2D eigenvalue weighted by Gasteiger charge is 2.19. The molecule has 0 aliphatic heterocycles. The Balaban J connectivity index is 3.45. The molecule has 1 rings (SSSR count). The van der Waals surface area contributed by atoms with Crippen molar-refractivity contribution in [1.82, 2.24) is 0 Å². The predicted molar refractivity (Wildman–Crippen MR) is 58.2 cm³/mol. The van der Waals surface area contributed by atoms with Crippen LogP contribution in [0.3, 0.4) is 0 Å². The lowest BCUT2D eigenvalue weighted by Crippen LogP contribution is -2.08. The molecule has 15 heavy (non-hydrogen) atoms. The van der Waals surface area contributed by atoms with Crippen molar-refractivity contribution in [2.24, 2.45) is 0 Å². The number of benzene rings is 1. The molecule has 0 saturated carbocycles. The highest BCUT2D eigenvalue weighted by atomic mass is 35.5. The van der Waals surface area contributed by atoms with E-state index in [-0.39, 0.29) is 27.7 Å². The molecule has 0 unspecified atom stereocenters. The molecule has 1 aromatic carbocycles. The van der Waals surface area contributed by atoms with Crippen molar-refractivity contribution in [2.75, 3.05) is 25.7 Å². The van der Waals surface area contributed by atoms with E-state index in [1.807, 2.05) is 0 Å². The Morgan fingerprint density at radius 2 is 1.93 bits per heavy atom. The van der Waals surface area contributed by atoms with Crippen LogP contribution in [0.2, 0.25) is 5.02 Å². The van der Waals surface area contributed by atoms with E-state index in [2.05, 4.69) is 4.74 Å². The van der Waals surface area contributed by atoms with E-state index in [1.54, 1.807) is 0 Å². The Hall–Kier alpha value is -1.62. The molecule has 0 aliphatic carbocycles. The number of esters is 1. The van der Waals surface area contributed by atoms with Crippen molar-refractivity contribution < 1.29 is 14.3 Å². The van der Waals surface area contributed by atoms with Crippen molar-refractivity contribution in [3.8, 4) is 5.75 Å². The summed E-state index contributed by atoms with van der Waals surface area (Å²) in [5.74, 6) is -0.413. The lowest BCUT2D eigenvalue weighted by molar-refractivity contribution is 0.0597. The number of carbonyl (C=O) groups excluding carboxylic acids is 1. The van der Waals surface area contributed by atoms with E-state index in [0.29, 0.717) is 0 Å². The Morgan fingerprint density at radius 3 is 2.40 bits per heavy atom. The van der Waals surface area contributed by atoms with E-state index in [4.69, 9.17) is 27.8 Å². The van der Waals surface area contributed by atoms with Gasteiger partial charge in [0.15, 0.2) is 5.75 Å². The molecule has 0 aromatic heterocycles. The van der Waals surface area contributed by atoms with Crippen LogP contribution in [0, 0.1) is 0 Å². The summed E-state index contributed by atoms with van der Waals surface area (Å²) >= 11 is 5.78. The molecule has 0 atom stereocenters. The molecular formula is C9H11ClN2O3. The topological polar surface area (TPSA) is 87.6 Å².